The molecule has 0 rings (SSSR count). The van der Waals surface area contributed by atoms with Crippen LogP contribution in [0.3, 0.4) is 0 Å². The van der Waals surface area contributed by atoms with E-state index < -0.39 is 14.5 Å². The molecule has 0 aliphatic carbocycles. The molecule has 68 valence electrons. The standard InChI is InChI=1S/C4H11NO3S3/c1-5(6)11(7,8)3-4(10)2-9/h4-5,9-10H,2-3H2,1H3. The fourth-order valence-corrected chi connectivity index (χ4v) is 2.17. The Balaban J connectivity index is 4.15. The van der Waals surface area contributed by atoms with Crippen LogP contribution < -0.4 is 4.47 Å². The van der Waals surface area contributed by atoms with Gasteiger partial charge in [0.05, 0.1) is 7.05 Å². The van der Waals surface area contributed by atoms with Gasteiger partial charge < -0.3 is 5.21 Å². The van der Waals surface area contributed by atoms with E-state index in [0.29, 0.717) is 5.75 Å². The lowest BCUT2D eigenvalue weighted by molar-refractivity contribution is -0.680. The minimum absolute atomic E-state index is 0.227. The Morgan fingerprint density at radius 3 is 2.36 bits per heavy atom. The summed E-state index contributed by atoms with van der Waals surface area (Å²) in [7, 11) is -2.54. The number of rotatable bonds is 4. The van der Waals surface area contributed by atoms with Crippen LogP contribution in [0.4, 0.5) is 0 Å². The Kier molecular flexibility index (Phi) is 4.80. The van der Waals surface area contributed by atoms with Crippen LogP contribution >= 0.6 is 25.3 Å². The molecule has 0 amide bonds. The fourth-order valence-electron chi connectivity index (χ4n) is 0.423. The van der Waals surface area contributed by atoms with Crippen LogP contribution in [0.2, 0.25) is 0 Å². The molecule has 0 aromatic carbocycles. The molecular weight excluding hydrogens is 206 g/mol. The fraction of sp³-hybridized carbons (Fsp3) is 1.00. The lowest BCUT2D eigenvalue weighted by atomic mass is 10.6. The molecule has 0 aliphatic rings. The lowest BCUT2D eigenvalue weighted by Gasteiger charge is -2.17. The summed E-state index contributed by atoms with van der Waals surface area (Å²) in [5.41, 5.74) is 0. The molecule has 4 nitrogen and oxygen atoms in total. The highest BCUT2D eigenvalue weighted by Gasteiger charge is 2.18. The van der Waals surface area contributed by atoms with Gasteiger partial charge in [0.2, 0.25) is 0 Å². The van der Waals surface area contributed by atoms with Gasteiger partial charge in [0, 0.05) is 11.0 Å². The SMILES string of the molecule is C[NH+]([O-])S(=O)(=O)CC(S)CS. The summed E-state index contributed by atoms with van der Waals surface area (Å²) < 4.78 is 20.9. The van der Waals surface area contributed by atoms with Gasteiger partial charge in [0.15, 0.2) is 0 Å². The molecule has 0 heterocycles. The zero-order valence-corrected chi connectivity index (χ0v) is 8.62. The van der Waals surface area contributed by atoms with Gasteiger partial charge in [-0.1, -0.05) is 0 Å². The first-order valence-electron chi connectivity index (χ1n) is 2.92. The Morgan fingerprint density at radius 2 is 2.09 bits per heavy atom. The zero-order chi connectivity index (χ0) is 9.07. The highest BCUT2D eigenvalue weighted by molar-refractivity contribution is 7.88. The second-order valence-electron chi connectivity index (χ2n) is 2.11. The van der Waals surface area contributed by atoms with E-state index in [1.54, 1.807) is 0 Å². The summed E-state index contributed by atoms with van der Waals surface area (Å²) in [6.45, 7) is 0. The quantitative estimate of drug-likeness (QED) is 0.399. The molecule has 0 aromatic heterocycles. The van der Waals surface area contributed by atoms with Gasteiger partial charge in [-0.3, -0.25) is 4.47 Å². The third-order valence-corrected chi connectivity index (χ3v) is 4.12. The van der Waals surface area contributed by atoms with E-state index in [1.165, 1.54) is 0 Å². The van der Waals surface area contributed by atoms with Crippen molar-refractivity contribution in [3.8, 4) is 0 Å². The average molecular weight is 217 g/mol. The second kappa shape index (κ2) is 4.56. The highest BCUT2D eigenvalue weighted by atomic mass is 32.2. The first-order chi connectivity index (χ1) is 4.90. The molecule has 11 heavy (non-hydrogen) atoms. The Morgan fingerprint density at radius 1 is 1.64 bits per heavy atom. The van der Waals surface area contributed by atoms with Crippen LogP contribution in [0.25, 0.3) is 0 Å². The van der Waals surface area contributed by atoms with Gasteiger partial charge in [-0.25, -0.2) is 0 Å². The van der Waals surface area contributed by atoms with Crippen molar-refractivity contribution in [3.05, 3.63) is 5.21 Å². The third-order valence-electron chi connectivity index (χ3n) is 1.06. The first kappa shape index (κ1) is 11.6. The maximum Gasteiger partial charge on any atom is 0.296 e. The molecular formula is C4H11NO3S3. The number of hydrogen-bond donors (Lipinski definition) is 3. The predicted octanol–water partition coefficient (Wildman–Crippen LogP) is -1.44. The van der Waals surface area contributed by atoms with Crippen LogP contribution in [0.5, 0.6) is 0 Å². The monoisotopic (exact) mass is 217 g/mol. The van der Waals surface area contributed by atoms with Crippen LogP contribution in [-0.2, 0) is 10.0 Å². The molecule has 0 fully saturated rings. The van der Waals surface area contributed by atoms with Crippen LogP contribution in [0.1, 0.15) is 0 Å². The lowest BCUT2D eigenvalue weighted by Crippen LogP contribution is -3.06. The van der Waals surface area contributed by atoms with Crippen molar-refractivity contribution in [1.29, 1.82) is 0 Å². The zero-order valence-electron chi connectivity index (χ0n) is 6.02. The van der Waals surface area contributed by atoms with Gasteiger partial charge in [-0.15, -0.1) is 0 Å². The summed E-state index contributed by atoms with van der Waals surface area (Å²) in [5, 5.41) is 10.1. The molecule has 0 spiro atoms. The number of hydrogen-bond acceptors (Lipinski definition) is 5. The van der Waals surface area contributed by atoms with Crippen molar-refractivity contribution in [3.63, 3.8) is 0 Å². The van der Waals surface area contributed by atoms with E-state index in [0.717, 1.165) is 7.05 Å². The van der Waals surface area contributed by atoms with Gasteiger partial charge in [0.25, 0.3) is 10.0 Å². The van der Waals surface area contributed by atoms with E-state index in [-0.39, 0.29) is 11.0 Å². The van der Waals surface area contributed by atoms with Crippen molar-refractivity contribution in [1.82, 2.24) is 0 Å². The molecule has 0 saturated carbocycles. The maximum absolute atomic E-state index is 10.9. The van der Waals surface area contributed by atoms with Crippen LogP contribution in [-0.4, -0.2) is 32.2 Å². The normalized spacial score (nSPS) is 17.8. The van der Waals surface area contributed by atoms with Gasteiger partial charge >= 0.3 is 0 Å². The minimum Gasteiger partial charge on any atom is -0.618 e. The van der Waals surface area contributed by atoms with Gasteiger partial charge in [-0.2, -0.15) is 33.7 Å². The van der Waals surface area contributed by atoms with E-state index in [1.807, 2.05) is 0 Å². The number of thiol groups is 2. The van der Waals surface area contributed by atoms with Crippen molar-refractivity contribution < 1.29 is 12.9 Å². The Labute approximate surface area is 77.4 Å². The maximum atomic E-state index is 10.9. The van der Waals surface area contributed by atoms with Crippen molar-refractivity contribution in [2.45, 2.75) is 5.25 Å². The number of nitrogens with one attached hydrogen (secondary N) is 1. The summed E-state index contributed by atoms with van der Waals surface area (Å²) in [5.74, 6) is 0.116. The number of sulfonamides is 1. The van der Waals surface area contributed by atoms with Gasteiger partial charge in [0.1, 0.15) is 5.75 Å². The summed E-state index contributed by atoms with van der Waals surface area (Å²) in [6, 6.07) is 0. The molecule has 0 saturated heterocycles. The van der Waals surface area contributed by atoms with E-state index >= 15 is 0 Å². The number of quaternary nitrogens is 1. The Hall–Kier alpha value is 0.570. The average Bonchev–Trinajstić information content (AvgIpc) is 1.86. The largest absolute Gasteiger partial charge is 0.618 e. The molecule has 1 N–H and O–H groups in total. The minimum atomic E-state index is -3.57. The molecule has 0 aromatic rings. The van der Waals surface area contributed by atoms with Crippen molar-refractivity contribution >= 4 is 35.3 Å². The topological polar surface area (TPSA) is 61.6 Å². The third kappa shape index (κ3) is 4.22. The Bertz CT molecular complexity index is 201. The van der Waals surface area contributed by atoms with E-state index in [9.17, 15) is 13.6 Å². The van der Waals surface area contributed by atoms with Crippen LogP contribution in [0, 0.1) is 5.21 Å². The molecule has 0 aliphatic heterocycles. The molecule has 2 unspecified atom stereocenters. The van der Waals surface area contributed by atoms with Crippen molar-refractivity contribution in [2.75, 3.05) is 18.6 Å². The smallest absolute Gasteiger partial charge is 0.296 e. The molecule has 7 heteroatoms. The molecule has 0 radical (unpaired) electrons. The molecule has 2 atom stereocenters. The summed E-state index contributed by atoms with van der Waals surface area (Å²) in [4.78, 5) is 0. The van der Waals surface area contributed by atoms with E-state index in [4.69, 9.17) is 0 Å². The predicted molar refractivity (Wildman–Crippen MR) is 50.7 cm³/mol. The summed E-state index contributed by atoms with van der Waals surface area (Å²) in [6.07, 6.45) is 0. The molecule has 0 bridgehead atoms. The first-order valence-corrected chi connectivity index (χ1v) is 5.72. The highest BCUT2D eigenvalue weighted by Crippen LogP contribution is 1.98. The van der Waals surface area contributed by atoms with Gasteiger partial charge in [-0.05, 0) is 0 Å². The van der Waals surface area contributed by atoms with E-state index in [2.05, 4.69) is 25.3 Å². The van der Waals surface area contributed by atoms with Crippen LogP contribution in [0.15, 0.2) is 0 Å². The summed E-state index contributed by atoms with van der Waals surface area (Å²) >= 11 is 7.75. The van der Waals surface area contributed by atoms with Crippen molar-refractivity contribution in [2.24, 2.45) is 0 Å². The number of hydroxylamine groups is 1. The second-order valence-corrected chi connectivity index (χ2v) is 5.34.